The standard InChI is InChI=1S/C16H27N3O2/c1-13(2)19(10-11-20)9-3-4-16(21)18-15-7-5-14(12-17)6-8-15/h5-8,13,20H,3-4,9-12,17H2,1-2H3,(H,18,21). The molecule has 4 N–H and O–H groups in total. The highest BCUT2D eigenvalue weighted by atomic mass is 16.3. The second kappa shape index (κ2) is 9.50. The van der Waals surface area contributed by atoms with Gasteiger partial charge in [0.1, 0.15) is 0 Å². The van der Waals surface area contributed by atoms with Crippen LogP contribution in [0.5, 0.6) is 0 Å². The molecule has 1 aromatic rings. The van der Waals surface area contributed by atoms with Crippen LogP contribution in [0.3, 0.4) is 0 Å². The number of rotatable bonds is 9. The number of amides is 1. The molecule has 0 heterocycles. The summed E-state index contributed by atoms with van der Waals surface area (Å²) in [5.41, 5.74) is 7.38. The molecule has 5 nitrogen and oxygen atoms in total. The average Bonchev–Trinajstić information content (AvgIpc) is 2.47. The molecule has 21 heavy (non-hydrogen) atoms. The number of benzene rings is 1. The monoisotopic (exact) mass is 293 g/mol. The number of nitrogens with one attached hydrogen (secondary N) is 1. The third-order valence-corrected chi connectivity index (χ3v) is 3.44. The van der Waals surface area contributed by atoms with Gasteiger partial charge in [-0.25, -0.2) is 0 Å². The number of hydrogen-bond donors (Lipinski definition) is 3. The molecule has 118 valence electrons. The zero-order chi connectivity index (χ0) is 15.7. The summed E-state index contributed by atoms with van der Waals surface area (Å²) in [5.74, 6) is 0.0169. The van der Waals surface area contributed by atoms with Gasteiger partial charge in [-0.1, -0.05) is 12.1 Å². The van der Waals surface area contributed by atoms with Crippen LogP contribution in [-0.4, -0.2) is 41.7 Å². The second-order valence-corrected chi connectivity index (χ2v) is 5.41. The fourth-order valence-electron chi connectivity index (χ4n) is 2.15. The molecular weight excluding hydrogens is 266 g/mol. The van der Waals surface area contributed by atoms with Crippen molar-refractivity contribution in [1.29, 1.82) is 0 Å². The highest BCUT2D eigenvalue weighted by Gasteiger charge is 2.09. The predicted octanol–water partition coefficient (Wildman–Crippen LogP) is 1.57. The van der Waals surface area contributed by atoms with E-state index in [1.54, 1.807) is 0 Å². The maximum atomic E-state index is 11.9. The number of hydrogen-bond acceptors (Lipinski definition) is 4. The molecule has 0 spiro atoms. The third kappa shape index (κ3) is 6.71. The first-order chi connectivity index (χ1) is 10.1. The Hall–Kier alpha value is -1.43. The van der Waals surface area contributed by atoms with Crippen LogP contribution >= 0.6 is 0 Å². The first-order valence-electron chi connectivity index (χ1n) is 7.50. The van der Waals surface area contributed by atoms with E-state index in [4.69, 9.17) is 10.8 Å². The third-order valence-electron chi connectivity index (χ3n) is 3.44. The van der Waals surface area contributed by atoms with Crippen molar-refractivity contribution in [2.24, 2.45) is 5.73 Å². The molecule has 0 unspecified atom stereocenters. The summed E-state index contributed by atoms with van der Waals surface area (Å²) < 4.78 is 0. The van der Waals surface area contributed by atoms with E-state index in [9.17, 15) is 4.79 Å². The van der Waals surface area contributed by atoms with Crippen LogP contribution < -0.4 is 11.1 Å². The summed E-state index contributed by atoms with van der Waals surface area (Å²) in [6.07, 6.45) is 1.26. The number of nitrogens with two attached hydrogens (primary N) is 1. The average molecular weight is 293 g/mol. The fraction of sp³-hybridized carbons (Fsp3) is 0.562. The number of nitrogens with zero attached hydrogens (tertiary/aromatic N) is 1. The van der Waals surface area contributed by atoms with Gasteiger partial charge in [-0.05, 0) is 44.5 Å². The summed E-state index contributed by atoms with van der Waals surface area (Å²) >= 11 is 0. The van der Waals surface area contributed by atoms with Gasteiger partial charge in [0.15, 0.2) is 0 Å². The van der Waals surface area contributed by atoms with Gasteiger partial charge in [-0.3, -0.25) is 9.69 Å². The molecule has 0 bridgehead atoms. The van der Waals surface area contributed by atoms with Crippen LogP contribution in [0, 0.1) is 0 Å². The van der Waals surface area contributed by atoms with Gasteiger partial charge in [0.2, 0.25) is 5.91 Å². The van der Waals surface area contributed by atoms with Gasteiger partial charge in [0, 0.05) is 31.2 Å². The number of anilines is 1. The summed E-state index contributed by atoms with van der Waals surface area (Å²) in [4.78, 5) is 14.0. The summed E-state index contributed by atoms with van der Waals surface area (Å²) in [5, 5.41) is 11.9. The van der Waals surface area contributed by atoms with Crippen molar-refractivity contribution in [3.63, 3.8) is 0 Å². The van der Waals surface area contributed by atoms with Crippen molar-refractivity contribution in [3.8, 4) is 0 Å². The van der Waals surface area contributed by atoms with Crippen molar-refractivity contribution in [2.45, 2.75) is 39.3 Å². The predicted molar refractivity (Wildman–Crippen MR) is 86.0 cm³/mol. The first-order valence-corrected chi connectivity index (χ1v) is 7.50. The Labute approximate surface area is 127 Å². The van der Waals surface area contributed by atoms with Crippen LogP contribution in [0.25, 0.3) is 0 Å². The van der Waals surface area contributed by atoms with Crippen LogP contribution in [0.2, 0.25) is 0 Å². The van der Waals surface area contributed by atoms with Gasteiger partial charge in [0.25, 0.3) is 0 Å². The minimum atomic E-state index is 0.0169. The zero-order valence-electron chi connectivity index (χ0n) is 13.0. The Bertz CT molecular complexity index is 418. The Morgan fingerprint density at radius 2 is 1.95 bits per heavy atom. The topological polar surface area (TPSA) is 78.6 Å². The number of aliphatic hydroxyl groups is 1. The van der Waals surface area contributed by atoms with E-state index in [-0.39, 0.29) is 12.5 Å². The SMILES string of the molecule is CC(C)N(CCO)CCCC(=O)Nc1ccc(CN)cc1. The Morgan fingerprint density at radius 1 is 1.29 bits per heavy atom. The Balaban J connectivity index is 2.32. The van der Waals surface area contributed by atoms with Gasteiger partial charge >= 0.3 is 0 Å². The van der Waals surface area contributed by atoms with E-state index in [1.807, 2.05) is 24.3 Å². The first kappa shape index (κ1) is 17.6. The van der Waals surface area contributed by atoms with Crippen LogP contribution in [0.4, 0.5) is 5.69 Å². The van der Waals surface area contributed by atoms with Crippen molar-refractivity contribution in [3.05, 3.63) is 29.8 Å². The molecule has 1 aromatic carbocycles. The van der Waals surface area contributed by atoms with Crippen molar-refractivity contribution < 1.29 is 9.90 Å². The largest absolute Gasteiger partial charge is 0.395 e. The summed E-state index contributed by atoms with van der Waals surface area (Å²) in [7, 11) is 0. The molecular formula is C16H27N3O2. The minimum Gasteiger partial charge on any atom is -0.395 e. The van der Waals surface area contributed by atoms with Crippen molar-refractivity contribution in [2.75, 3.05) is 25.0 Å². The molecule has 0 aromatic heterocycles. The van der Waals surface area contributed by atoms with Gasteiger partial charge < -0.3 is 16.2 Å². The van der Waals surface area contributed by atoms with E-state index in [1.165, 1.54) is 0 Å². The molecule has 0 aliphatic heterocycles. The van der Waals surface area contributed by atoms with Gasteiger partial charge in [-0.2, -0.15) is 0 Å². The number of carbonyl (C=O) groups is 1. The van der Waals surface area contributed by atoms with E-state index in [2.05, 4.69) is 24.1 Å². The van der Waals surface area contributed by atoms with E-state index in [0.717, 1.165) is 24.2 Å². The maximum absolute atomic E-state index is 11.9. The highest BCUT2D eigenvalue weighted by molar-refractivity contribution is 5.90. The Kier molecular flexibility index (Phi) is 7.97. The van der Waals surface area contributed by atoms with Crippen LogP contribution in [0.1, 0.15) is 32.3 Å². The van der Waals surface area contributed by atoms with E-state index < -0.39 is 0 Å². The fourth-order valence-corrected chi connectivity index (χ4v) is 2.15. The molecule has 0 radical (unpaired) electrons. The highest BCUT2D eigenvalue weighted by Crippen LogP contribution is 2.10. The lowest BCUT2D eigenvalue weighted by molar-refractivity contribution is -0.116. The lowest BCUT2D eigenvalue weighted by Gasteiger charge is -2.25. The molecule has 0 aliphatic carbocycles. The summed E-state index contributed by atoms with van der Waals surface area (Å²) in [6.45, 7) is 6.31. The van der Waals surface area contributed by atoms with Crippen molar-refractivity contribution >= 4 is 11.6 Å². The molecule has 0 aliphatic rings. The normalized spacial score (nSPS) is 11.1. The zero-order valence-corrected chi connectivity index (χ0v) is 13.0. The van der Waals surface area contributed by atoms with Gasteiger partial charge in [-0.15, -0.1) is 0 Å². The maximum Gasteiger partial charge on any atom is 0.224 e. The van der Waals surface area contributed by atoms with Crippen molar-refractivity contribution in [1.82, 2.24) is 4.90 Å². The quantitative estimate of drug-likeness (QED) is 0.646. The van der Waals surface area contributed by atoms with E-state index >= 15 is 0 Å². The molecule has 0 saturated carbocycles. The minimum absolute atomic E-state index is 0.0169. The summed E-state index contributed by atoms with van der Waals surface area (Å²) in [6, 6.07) is 7.94. The van der Waals surface area contributed by atoms with E-state index in [0.29, 0.717) is 25.6 Å². The number of carbonyl (C=O) groups excluding carboxylic acids is 1. The smallest absolute Gasteiger partial charge is 0.224 e. The van der Waals surface area contributed by atoms with Crippen LogP contribution in [-0.2, 0) is 11.3 Å². The molecule has 1 amide bonds. The lowest BCUT2D eigenvalue weighted by Crippen LogP contribution is -2.34. The molecule has 0 saturated heterocycles. The molecule has 1 rings (SSSR count). The van der Waals surface area contributed by atoms with Gasteiger partial charge in [0.05, 0.1) is 6.61 Å². The lowest BCUT2D eigenvalue weighted by atomic mass is 10.2. The number of aliphatic hydroxyl groups excluding tert-OH is 1. The second-order valence-electron chi connectivity index (χ2n) is 5.41. The Morgan fingerprint density at radius 3 is 2.48 bits per heavy atom. The molecule has 0 atom stereocenters. The molecule has 5 heteroatoms. The molecule has 0 fully saturated rings. The van der Waals surface area contributed by atoms with Crippen LogP contribution in [0.15, 0.2) is 24.3 Å².